The van der Waals surface area contributed by atoms with E-state index in [-0.39, 0.29) is 14.1 Å². The lowest BCUT2D eigenvalue weighted by atomic mass is 10.2. The highest BCUT2D eigenvalue weighted by Crippen LogP contribution is 2.37. The van der Waals surface area contributed by atoms with Gasteiger partial charge in [0.15, 0.2) is 5.52 Å². The molecule has 0 saturated carbocycles. The minimum absolute atomic E-state index is 0.162. The van der Waals surface area contributed by atoms with Crippen molar-refractivity contribution in [3.05, 3.63) is 45.9 Å². The molecule has 158 valence electrons. The van der Waals surface area contributed by atoms with Crippen LogP contribution in [-0.4, -0.2) is 25.3 Å². The second-order valence-electron chi connectivity index (χ2n) is 6.39. The molecule has 0 saturated heterocycles. The highest BCUT2D eigenvalue weighted by atomic mass is 35.5. The van der Waals surface area contributed by atoms with Crippen molar-refractivity contribution >= 4 is 42.6 Å². The van der Waals surface area contributed by atoms with Crippen molar-refractivity contribution in [3.8, 4) is 17.2 Å². The highest BCUT2D eigenvalue weighted by molar-refractivity contribution is 7.66. The van der Waals surface area contributed by atoms with Crippen LogP contribution in [0.2, 0.25) is 10.0 Å². The quantitative estimate of drug-likeness (QED) is 0.341. The lowest BCUT2D eigenvalue weighted by Crippen LogP contribution is -2.14. The second-order valence-corrected chi connectivity index (χ2v) is 8.41. The second kappa shape index (κ2) is 12.3. The summed E-state index contributed by atoms with van der Waals surface area (Å²) in [5.41, 5.74) is 0.161. The molecule has 0 aliphatic carbocycles. The fourth-order valence-electron chi connectivity index (χ4n) is 2.53. The molecule has 0 aliphatic heterocycles. The summed E-state index contributed by atoms with van der Waals surface area (Å²) in [6.45, 7) is 7.76. The molecule has 2 aromatic rings. The molecule has 0 amide bonds. The normalized spacial score (nSPS) is 11.1. The topological polar surface area (TPSA) is 44.8 Å². The first-order valence-corrected chi connectivity index (χ1v) is 11.6. The first kappa shape index (κ1) is 23.8. The van der Waals surface area contributed by atoms with Gasteiger partial charge in [-0.15, -0.1) is 0 Å². The summed E-state index contributed by atoms with van der Waals surface area (Å²) in [5, 5.41) is 1.38. The monoisotopic (exact) mass is 456 g/mol. The largest absolute Gasteiger partial charge is 0.493 e. The number of hydrogen-bond donors (Lipinski definition) is 0. The molecule has 0 bridgehead atoms. The van der Waals surface area contributed by atoms with Crippen LogP contribution in [0.15, 0.2) is 30.3 Å². The van der Waals surface area contributed by atoms with Crippen molar-refractivity contribution in [2.45, 2.75) is 40.0 Å². The Hall–Kier alpha value is -1.48. The molecule has 0 aromatic heterocycles. The molecule has 29 heavy (non-hydrogen) atoms. The summed E-state index contributed by atoms with van der Waals surface area (Å²) >= 11 is 12.5. The molecule has 0 spiro atoms. The Morgan fingerprint density at radius 2 is 1.34 bits per heavy atom. The summed E-state index contributed by atoms with van der Waals surface area (Å²) < 4.78 is 17.7. The number of carbonyl (C=O) groups excluding carboxylic acids is 1. The van der Waals surface area contributed by atoms with Gasteiger partial charge in [0.25, 0.3) is 0 Å². The van der Waals surface area contributed by atoms with E-state index < -0.39 is 0 Å². The highest BCUT2D eigenvalue weighted by Gasteiger charge is 2.22. The van der Waals surface area contributed by atoms with E-state index in [9.17, 15) is 4.79 Å². The maximum absolute atomic E-state index is 13.1. The average molecular weight is 457 g/mol. The molecule has 1 unspecified atom stereocenters. The fourth-order valence-corrected chi connectivity index (χ4v) is 4.42. The van der Waals surface area contributed by atoms with Gasteiger partial charge in [-0.3, -0.25) is 4.79 Å². The molecule has 0 N–H and O–H groups in total. The molecule has 7 heteroatoms. The van der Waals surface area contributed by atoms with Crippen molar-refractivity contribution < 1.29 is 19.0 Å². The van der Waals surface area contributed by atoms with E-state index in [0.717, 1.165) is 19.3 Å². The van der Waals surface area contributed by atoms with Gasteiger partial charge in [0, 0.05) is 12.1 Å². The minimum Gasteiger partial charge on any atom is -0.493 e. The number of carbonyl (C=O) groups is 1. The number of rotatable bonds is 12. The van der Waals surface area contributed by atoms with Crippen molar-refractivity contribution in [2.75, 3.05) is 19.8 Å². The predicted octanol–water partition coefficient (Wildman–Crippen LogP) is 6.50. The van der Waals surface area contributed by atoms with Gasteiger partial charge in [-0.1, -0.05) is 50.0 Å². The molecule has 2 rings (SSSR count). The average Bonchev–Trinajstić information content (AvgIpc) is 2.70. The standard InChI is InChI=1S/C22H27Cl2O4P/c1-4-10-26-15-13-18(27-11-5-2)21(19(14-15)28-12-6-3)29-22(25)20-16(23)8-7-9-17(20)24/h7-9,13-14,29H,4-6,10-12H2,1-3H3. The Kier molecular flexibility index (Phi) is 10.1. The van der Waals surface area contributed by atoms with Crippen LogP contribution in [0.3, 0.4) is 0 Å². The zero-order valence-electron chi connectivity index (χ0n) is 17.0. The third-order valence-corrected chi connectivity index (χ3v) is 5.71. The van der Waals surface area contributed by atoms with Gasteiger partial charge < -0.3 is 14.2 Å². The minimum atomic E-state index is -0.246. The van der Waals surface area contributed by atoms with E-state index in [0.29, 0.717) is 58.0 Å². The Morgan fingerprint density at radius 1 is 0.862 bits per heavy atom. The van der Waals surface area contributed by atoms with Gasteiger partial charge in [0.1, 0.15) is 17.2 Å². The molecule has 0 aliphatic rings. The summed E-state index contributed by atoms with van der Waals surface area (Å²) in [4.78, 5) is 13.1. The Morgan fingerprint density at radius 3 is 1.83 bits per heavy atom. The smallest absolute Gasteiger partial charge is 0.188 e. The van der Waals surface area contributed by atoms with E-state index in [2.05, 4.69) is 0 Å². The van der Waals surface area contributed by atoms with Crippen LogP contribution >= 0.6 is 31.8 Å². The summed E-state index contributed by atoms with van der Waals surface area (Å²) in [6, 6.07) is 8.70. The van der Waals surface area contributed by atoms with E-state index in [1.807, 2.05) is 32.9 Å². The molecular weight excluding hydrogens is 430 g/mol. The zero-order valence-corrected chi connectivity index (χ0v) is 19.5. The van der Waals surface area contributed by atoms with Crippen molar-refractivity contribution in [1.29, 1.82) is 0 Å². The van der Waals surface area contributed by atoms with Gasteiger partial charge in [-0.25, -0.2) is 0 Å². The number of halogens is 2. The Balaban J connectivity index is 2.46. The zero-order chi connectivity index (χ0) is 21.2. The van der Waals surface area contributed by atoms with Gasteiger partial charge in [-0.2, -0.15) is 0 Å². The van der Waals surface area contributed by atoms with Crippen molar-refractivity contribution in [3.63, 3.8) is 0 Å². The van der Waals surface area contributed by atoms with Gasteiger partial charge >= 0.3 is 0 Å². The lowest BCUT2D eigenvalue weighted by molar-refractivity contribution is 0.108. The number of ether oxygens (including phenoxy) is 3. The third-order valence-electron chi connectivity index (χ3n) is 3.86. The van der Waals surface area contributed by atoms with Gasteiger partial charge in [0.05, 0.1) is 40.7 Å². The molecule has 4 nitrogen and oxygen atoms in total. The van der Waals surface area contributed by atoms with E-state index in [4.69, 9.17) is 37.4 Å². The molecule has 0 fully saturated rings. The maximum atomic E-state index is 13.1. The number of hydrogen-bond acceptors (Lipinski definition) is 4. The molecular formula is C22H27Cl2O4P. The van der Waals surface area contributed by atoms with Crippen LogP contribution in [0.4, 0.5) is 0 Å². The summed E-state index contributed by atoms with van der Waals surface area (Å²) in [5.74, 6) is 1.86. The number of benzene rings is 2. The Bertz CT molecular complexity index is 777. The van der Waals surface area contributed by atoms with Crippen LogP contribution in [0.5, 0.6) is 17.2 Å². The molecule has 2 aromatic carbocycles. The first-order chi connectivity index (χ1) is 14.0. The van der Waals surface area contributed by atoms with E-state index in [1.165, 1.54) is 0 Å². The molecule has 0 heterocycles. The fraction of sp³-hybridized carbons (Fsp3) is 0.409. The van der Waals surface area contributed by atoms with Crippen LogP contribution < -0.4 is 19.5 Å². The SMILES string of the molecule is CCCOc1cc(OCCC)c(PC(=O)c2c(Cl)cccc2Cl)c(OCCC)c1. The van der Waals surface area contributed by atoms with Crippen LogP contribution in [0.25, 0.3) is 0 Å². The molecule has 1 atom stereocenters. The maximum Gasteiger partial charge on any atom is 0.188 e. The third kappa shape index (κ3) is 6.77. The first-order valence-electron chi connectivity index (χ1n) is 9.83. The van der Waals surface area contributed by atoms with Crippen LogP contribution in [0.1, 0.15) is 50.4 Å². The Labute approximate surface area is 184 Å². The van der Waals surface area contributed by atoms with E-state index >= 15 is 0 Å². The van der Waals surface area contributed by atoms with Crippen molar-refractivity contribution in [1.82, 2.24) is 0 Å². The van der Waals surface area contributed by atoms with Crippen molar-refractivity contribution in [2.24, 2.45) is 0 Å². The van der Waals surface area contributed by atoms with Gasteiger partial charge in [-0.05, 0) is 40.0 Å². The summed E-state index contributed by atoms with van der Waals surface area (Å²) in [6.07, 6.45) is 2.58. The van der Waals surface area contributed by atoms with Crippen LogP contribution in [0, 0.1) is 0 Å². The summed E-state index contributed by atoms with van der Waals surface area (Å²) in [7, 11) is -0.246. The van der Waals surface area contributed by atoms with Crippen LogP contribution in [-0.2, 0) is 0 Å². The van der Waals surface area contributed by atoms with E-state index in [1.54, 1.807) is 18.2 Å². The molecule has 0 radical (unpaired) electrons. The van der Waals surface area contributed by atoms with Gasteiger partial charge in [0.2, 0.25) is 0 Å². The predicted molar refractivity (Wildman–Crippen MR) is 123 cm³/mol. The lowest BCUT2D eigenvalue weighted by Gasteiger charge is -2.18.